The number of morpholine rings is 1. The highest BCUT2D eigenvalue weighted by molar-refractivity contribution is 7.89. The molecule has 0 bridgehead atoms. The zero-order chi connectivity index (χ0) is 23.4. The van der Waals surface area contributed by atoms with E-state index in [-0.39, 0.29) is 30.3 Å². The standard InChI is InChI=1S/C22H28N4O6S/c1-24(22(28)20-5-4-12-32-20)16-21(27)23-18-15-17(6-7-19(18)25-8-2-3-9-25)33(29,30)26-10-13-31-14-11-26/h4-7,12,15H,2-3,8-11,13-14,16H2,1H3,(H,23,27). The van der Waals surface area contributed by atoms with Crippen LogP contribution in [0.15, 0.2) is 45.9 Å². The molecule has 2 amide bonds. The number of furan rings is 1. The van der Waals surface area contributed by atoms with Crippen LogP contribution in [0.25, 0.3) is 0 Å². The number of amides is 2. The number of nitrogens with one attached hydrogen (secondary N) is 1. The van der Waals surface area contributed by atoms with E-state index in [0.717, 1.165) is 31.6 Å². The van der Waals surface area contributed by atoms with Crippen molar-refractivity contribution in [2.45, 2.75) is 17.7 Å². The Morgan fingerprint density at radius 3 is 2.48 bits per heavy atom. The Morgan fingerprint density at radius 1 is 1.09 bits per heavy atom. The first kappa shape index (κ1) is 23.3. The molecule has 2 aromatic rings. The van der Waals surface area contributed by atoms with Crippen molar-refractivity contribution in [3.05, 3.63) is 42.4 Å². The van der Waals surface area contributed by atoms with E-state index < -0.39 is 21.8 Å². The number of carbonyl (C=O) groups is 2. The van der Waals surface area contributed by atoms with E-state index in [0.29, 0.717) is 18.9 Å². The summed E-state index contributed by atoms with van der Waals surface area (Å²) in [5, 5.41) is 2.82. The molecule has 0 atom stereocenters. The molecule has 0 saturated carbocycles. The number of sulfonamides is 1. The lowest BCUT2D eigenvalue weighted by atomic mass is 10.2. The molecule has 0 radical (unpaired) electrons. The first-order valence-electron chi connectivity index (χ1n) is 10.9. The summed E-state index contributed by atoms with van der Waals surface area (Å²) in [7, 11) is -2.22. The number of likely N-dealkylation sites (N-methyl/N-ethyl adjacent to an activating group) is 1. The van der Waals surface area contributed by atoms with Crippen LogP contribution in [0, 0.1) is 0 Å². The normalized spacial score (nSPS) is 17.2. The molecule has 178 valence electrons. The lowest BCUT2D eigenvalue weighted by Crippen LogP contribution is -2.40. The van der Waals surface area contributed by atoms with Crippen molar-refractivity contribution in [2.75, 3.05) is 63.2 Å². The van der Waals surface area contributed by atoms with Crippen LogP contribution in [0.3, 0.4) is 0 Å². The molecule has 33 heavy (non-hydrogen) atoms. The molecule has 3 heterocycles. The van der Waals surface area contributed by atoms with E-state index in [9.17, 15) is 18.0 Å². The molecule has 0 aliphatic carbocycles. The highest BCUT2D eigenvalue weighted by Crippen LogP contribution is 2.32. The minimum absolute atomic E-state index is 0.114. The van der Waals surface area contributed by atoms with Gasteiger partial charge in [0.2, 0.25) is 15.9 Å². The van der Waals surface area contributed by atoms with E-state index in [1.165, 1.54) is 34.6 Å². The van der Waals surface area contributed by atoms with Gasteiger partial charge in [-0.15, -0.1) is 0 Å². The second-order valence-electron chi connectivity index (χ2n) is 8.08. The molecule has 0 unspecified atom stereocenters. The van der Waals surface area contributed by atoms with E-state index in [1.807, 2.05) is 0 Å². The molecule has 1 aromatic carbocycles. The SMILES string of the molecule is CN(CC(=O)Nc1cc(S(=O)(=O)N2CCOCC2)ccc1N1CCCC1)C(=O)c1ccco1. The Hall–Kier alpha value is -2.89. The Morgan fingerprint density at radius 2 is 1.82 bits per heavy atom. The van der Waals surface area contributed by atoms with Crippen molar-refractivity contribution in [1.82, 2.24) is 9.21 Å². The van der Waals surface area contributed by atoms with Crippen LogP contribution in [-0.2, 0) is 19.6 Å². The zero-order valence-electron chi connectivity index (χ0n) is 18.5. The predicted octanol–water partition coefficient (Wildman–Crippen LogP) is 1.61. The van der Waals surface area contributed by atoms with Gasteiger partial charge in [0.1, 0.15) is 0 Å². The fraction of sp³-hybridized carbons (Fsp3) is 0.455. The average Bonchev–Trinajstić information content (AvgIpc) is 3.53. The number of benzene rings is 1. The maximum Gasteiger partial charge on any atom is 0.289 e. The van der Waals surface area contributed by atoms with Gasteiger partial charge in [-0.3, -0.25) is 9.59 Å². The van der Waals surface area contributed by atoms with Crippen molar-refractivity contribution in [3.63, 3.8) is 0 Å². The van der Waals surface area contributed by atoms with Gasteiger partial charge in [-0.1, -0.05) is 0 Å². The first-order chi connectivity index (χ1) is 15.9. The number of ether oxygens (including phenoxy) is 1. The summed E-state index contributed by atoms with van der Waals surface area (Å²) in [6.45, 7) is 2.73. The fourth-order valence-corrected chi connectivity index (χ4v) is 5.45. The third-order valence-electron chi connectivity index (χ3n) is 5.76. The van der Waals surface area contributed by atoms with Gasteiger partial charge in [0.25, 0.3) is 5.91 Å². The minimum atomic E-state index is -3.72. The van der Waals surface area contributed by atoms with Crippen LogP contribution in [0.5, 0.6) is 0 Å². The van der Waals surface area contributed by atoms with Gasteiger partial charge < -0.3 is 24.3 Å². The number of hydrogen-bond donors (Lipinski definition) is 1. The summed E-state index contributed by atoms with van der Waals surface area (Å²) >= 11 is 0. The van der Waals surface area contributed by atoms with Gasteiger partial charge >= 0.3 is 0 Å². The van der Waals surface area contributed by atoms with E-state index in [4.69, 9.17) is 9.15 Å². The number of anilines is 2. The largest absolute Gasteiger partial charge is 0.459 e. The quantitative estimate of drug-likeness (QED) is 0.646. The summed E-state index contributed by atoms with van der Waals surface area (Å²) in [5.41, 5.74) is 1.18. The second kappa shape index (κ2) is 9.94. The van der Waals surface area contributed by atoms with Gasteiger partial charge in [0.05, 0.1) is 42.3 Å². The van der Waals surface area contributed by atoms with Gasteiger partial charge in [-0.25, -0.2) is 8.42 Å². The lowest BCUT2D eigenvalue weighted by molar-refractivity contribution is -0.116. The molecular formula is C22H28N4O6S. The summed E-state index contributed by atoms with van der Waals surface area (Å²) in [6.07, 6.45) is 3.45. The number of nitrogens with zero attached hydrogens (tertiary/aromatic N) is 3. The highest BCUT2D eigenvalue weighted by atomic mass is 32.2. The monoisotopic (exact) mass is 476 g/mol. The Balaban J connectivity index is 1.56. The molecular weight excluding hydrogens is 448 g/mol. The van der Waals surface area contributed by atoms with Crippen LogP contribution in [0.2, 0.25) is 0 Å². The first-order valence-corrected chi connectivity index (χ1v) is 12.4. The highest BCUT2D eigenvalue weighted by Gasteiger charge is 2.28. The van der Waals surface area contributed by atoms with Gasteiger partial charge in [-0.05, 0) is 43.2 Å². The third kappa shape index (κ3) is 5.21. The Kier molecular flexibility index (Phi) is 7.01. The summed E-state index contributed by atoms with van der Waals surface area (Å²) in [6, 6.07) is 7.96. The second-order valence-corrected chi connectivity index (χ2v) is 10.0. The van der Waals surface area contributed by atoms with Crippen molar-refractivity contribution < 1.29 is 27.2 Å². The smallest absolute Gasteiger partial charge is 0.289 e. The zero-order valence-corrected chi connectivity index (χ0v) is 19.3. The van der Waals surface area contributed by atoms with Crippen LogP contribution >= 0.6 is 0 Å². The minimum Gasteiger partial charge on any atom is -0.459 e. The number of rotatable bonds is 7. The molecule has 2 fully saturated rings. The molecule has 2 aliphatic rings. The van der Waals surface area contributed by atoms with Gasteiger partial charge in [0, 0.05) is 33.2 Å². The third-order valence-corrected chi connectivity index (χ3v) is 7.65. The van der Waals surface area contributed by atoms with E-state index in [1.54, 1.807) is 18.2 Å². The molecule has 0 spiro atoms. The molecule has 4 rings (SSSR count). The predicted molar refractivity (Wildman–Crippen MR) is 122 cm³/mol. The number of carbonyl (C=O) groups excluding carboxylic acids is 2. The van der Waals surface area contributed by atoms with E-state index >= 15 is 0 Å². The maximum atomic E-state index is 13.1. The van der Waals surface area contributed by atoms with Crippen molar-refractivity contribution in [3.8, 4) is 0 Å². The van der Waals surface area contributed by atoms with Crippen LogP contribution < -0.4 is 10.2 Å². The van der Waals surface area contributed by atoms with Crippen molar-refractivity contribution in [1.29, 1.82) is 0 Å². The van der Waals surface area contributed by atoms with Crippen LogP contribution in [0.4, 0.5) is 11.4 Å². The summed E-state index contributed by atoms with van der Waals surface area (Å²) in [4.78, 5) is 28.7. The molecule has 2 aliphatic heterocycles. The summed E-state index contributed by atoms with van der Waals surface area (Å²) in [5.74, 6) is -0.709. The Bertz CT molecular complexity index is 1090. The molecule has 11 heteroatoms. The molecule has 2 saturated heterocycles. The van der Waals surface area contributed by atoms with Crippen molar-refractivity contribution >= 4 is 33.2 Å². The average molecular weight is 477 g/mol. The number of hydrogen-bond acceptors (Lipinski definition) is 7. The summed E-state index contributed by atoms with van der Waals surface area (Å²) < 4.78 is 38.0. The van der Waals surface area contributed by atoms with Crippen LogP contribution in [-0.4, -0.2) is 82.4 Å². The van der Waals surface area contributed by atoms with Crippen LogP contribution in [0.1, 0.15) is 23.4 Å². The molecule has 10 nitrogen and oxygen atoms in total. The molecule has 1 aromatic heterocycles. The van der Waals surface area contributed by atoms with E-state index in [2.05, 4.69) is 10.2 Å². The lowest BCUT2D eigenvalue weighted by Gasteiger charge is -2.27. The van der Waals surface area contributed by atoms with Crippen molar-refractivity contribution in [2.24, 2.45) is 0 Å². The van der Waals surface area contributed by atoms with Gasteiger partial charge in [-0.2, -0.15) is 4.31 Å². The maximum absolute atomic E-state index is 13.1. The fourth-order valence-electron chi connectivity index (χ4n) is 4.01. The molecule has 1 N–H and O–H groups in total. The topological polar surface area (TPSA) is 112 Å². The van der Waals surface area contributed by atoms with Gasteiger partial charge in [0.15, 0.2) is 5.76 Å². The Labute approximate surface area is 193 Å².